The summed E-state index contributed by atoms with van der Waals surface area (Å²) in [5.41, 5.74) is 7.96. The molecule has 1 aromatic carbocycles. The molecule has 0 bridgehead atoms. The highest BCUT2D eigenvalue weighted by molar-refractivity contribution is 5.99. The second-order valence-electron chi connectivity index (χ2n) is 4.91. The van der Waals surface area contributed by atoms with Crippen molar-refractivity contribution in [2.75, 3.05) is 17.7 Å². The third-order valence-corrected chi connectivity index (χ3v) is 3.29. The highest BCUT2D eigenvalue weighted by Crippen LogP contribution is 2.22. The third-order valence-electron chi connectivity index (χ3n) is 3.29. The van der Waals surface area contributed by atoms with E-state index in [1.54, 1.807) is 6.07 Å². The van der Waals surface area contributed by atoms with E-state index < -0.39 is 0 Å². The lowest BCUT2D eigenvalue weighted by atomic mass is 10.0. The quantitative estimate of drug-likeness (QED) is 0.637. The summed E-state index contributed by atoms with van der Waals surface area (Å²) in [6, 6.07) is 5.93. The van der Waals surface area contributed by atoms with E-state index in [0.29, 0.717) is 23.4 Å². The molecular weight excluding hydrogens is 228 g/mol. The van der Waals surface area contributed by atoms with Crippen LogP contribution in [0.5, 0.6) is 0 Å². The summed E-state index contributed by atoms with van der Waals surface area (Å²) < 4.78 is 5.51. The SMILES string of the molecule is CC(=O)c1ccc(NC2CCOC(C)C2)cc1N. The first-order chi connectivity index (χ1) is 8.56. The Kier molecular flexibility index (Phi) is 3.87. The Balaban J connectivity index is 2.05. The number of hydrogen-bond acceptors (Lipinski definition) is 4. The van der Waals surface area contributed by atoms with E-state index in [1.807, 2.05) is 12.1 Å². The number of ether oxygens (including phenoxy) is 1. The first-order valence-electron chi connectivity index (χ1n) is 6.35. The Morgan fingerprint density at radius 2 is 2.28 bits per heavy atom. The molecule has 0 spiro atoms. The predicted molar refractivity (Wildman–Crippen MR) is 72.9 cm³/mol. The van der Waals surface area contributed by atoms with Crippen molar-refractivity contribution < 1.29 is 9.53 Å². The van der Waals surface area contributed by atoms with Gasteiger partial charge in [-0.3, -0.25) is 4.79 Å². The fraction of sp³-hybridized carbons (Fsp3) is 0.500. The lowest BCUT2D eigenvalue weighted by Crippen LogP contribution is -2.32. The van der Waals surface area contributed by atoms with Crippen molar-refractivity contribution in [2.45, 2.75) is 38.8 Å². The number of Topliss-reactive ketones (excluding diaryl/α,β-unsaturated/α-hetero) is 1. The molecule has 4 heteroatoms. The van der Waals surface area contributed by atoms with Crippen LogP contribution in [-0.2, 0) is 4.74 Å². The van der Waals surface area contributed by atoms with Crippen molar-refractivity contribution in [3.05, 3.63) is 23.8 Å². The largest absolute Gasteiger partial charge is 0.398 e. The molecule has 2 rings (SSSR count). The number of nitrogens with two attached hydrogens (primary N) is 1. The number of carbonyl (C=O) groups is 1. The van der Waals surface area contributed by atoms with E-state index in [-0.39, 0.29) is 5.78 Å². The number of nitrogen functional groups attached to an aromatic ring is 1. The molecule has 1 aliphatic heterocycles. The Morgan fingerprint density at radius 1 is 1.50 bits per heavy atom. The molecule has 1 aromatic rings. The first kappa shape index (κ1) is 12.9. The highest BCUT2D eigenvalue weighted by Gasteiger charge is 2.19. The van der Waals surface area contributed by atoms with Crippen LogP contribution in [0, 0.1) is 0 Å². The van der Waals surface area contributed by atoms with Crippen LogP contribution in [0.25, 0.3) is 0 Å². The second kappa shape index (κ2) is 5.40. The molecule has 2 unspecified atom stereocenters. The average Bonchev–Trinajstić information content (AvgIpc) is 2.28. The minimum Gasteiger partial charge on any atom is -0.398 e. The van der Waals surface area contributed by atoms with E-state index in [9.17, 15) is 4.79 Å². The van der Waals surface area contributed by atoms with E-state index in [4.69, 9.17) is 10.5 Å². The number of nitrogens with one attached hydrogen (secondary N) is 1. The van der Waals surface area contributed by atoms with Crippen molar-refractivity contribution in [1.82, 2.24) is 0 Å². The van der Waals surface area contributed by atoms with Crippen LogP contribution >= 0.6 is 0 Å². The molecule has 1 saturated heterocycles. The molecular formula is C14H20N2O2. The van der Waals surface area contributed by atoms with E-state index in [2.05, 4.69) is 12.2 Å². The Hall–Kier alpha value is -1.55. The van der Waals surface area contributed by atoms with Crippen LogP contribution in [0.15, 0.2) is 18.2 Å². The van der Waals surface area contributed by atoms with Crippen molar-refractivity contribution in [3.8, 4) is 0 Å². The molecule has 3 N–H and O–H groups in total. The highest BCUT2D eigenvalue weighted by atomic mass is 16.5. The Bertz CT molecular complexity index is 445. The monoisotopic (exact) mass is 248 g/mol. The maximum Gasteiger partial charge on any atom is 0.161 e. The normalized spacial score (nSPS) is 23.7. The van der Waals surface area contributed by atoms with Gasteiger partial charge in [-0.25, -0.2) is 0 Å². The van der Waals surface area contributed by atoms with Gasteiger partial charge in [0.15, 0.2) is 5.78 Å². The van der Waals surface area contributed by atoms with Gasteiger partial charge in [0.05, 0.1) is 6.10 Å². The zero-order valence-corrected chi connectivity index (χ0v) is 10.9. The van der Waals surface area contributed by atoms with Crippen LogP contribution in [-0.4, -0.2) is 24.5 Å². The van der Waals surface area contributed by atoms with Crippen LogP contribution in [0.3, 0.4) is 0 Å². The lowest BCUT2D eigenvalue weighted by Gasteiger charge is -2.28. The van der Waals surface area contributed by atoms with Gasteiger partial charge in [0, 0.05) is 29.6 Å². The van der Waals surface area contributed by atoms with Crippen LogP contribution < -0.4 is 11.1 Å². The van der Waals surface area contributed by atoms with Crippen LogP contribution in [0.1, 0.15) is 37.0 Å². The summed E-state index contributed by atoms with van der Waals surface area (Å²) in [7, 11) is 0. The van der Waals surface area contributed by atoms with Gasteiger partial charge < -0.3 is 15.8 Å². The summed E-state index contributed by atoms with van der Waals surface area (Å²) in [5, 5.41) is 3.45. The standard InChI is InChI=1S/C14H20N2O2/c1-9-7-12(5-6-18-9)16-11-3-4-13(10(2)17)14(15)8-11/h3-4,8-9,12,16H,5-7,15H2,1-2H3. The van der Waals surface area contributed by atoms with Crippen molar-refractivity contribution in [2.24, 2.45) is 0 Å². The molecule has 1 fully saturated rings. The van der Waals surface area contributed by atoms with Crippen LogP contribution in [0.2, 0.25) is 0 Å². The van der Waals surface area contributed by atoms with Crippen molar-refractivity contribution >= 4 is 17.2 Å². The molecule has 1 aliphatic rings. The van der Waals surface area contributed by atoms with Crippen LogP contribution in [0.4, 0.5) is 11.4 Å². The smallest absolute Gasteiger partial charge is 0.161 e. The maximum absolute atomic E-state index is 11.3. The fourth-order valence-corrected chi connectivity index (χ4v) is 2.34. The Labute approximate surface area is 108 Å². The minimum absolute atomic E-state index is 0.00117. The molecule has 0 aromatic heterocycles. The average molecular weight is 248 g/mol. The summed E-state index contributed by atoms with van der Waals surface area (Å²) in [6.45, 7) is 4.40. The number of carbonyl (C=O) groups excluding carboxylic acids is 1. The van der Waals surface area contributed by atoms with Gasteiger partial charge in [0.1, 0.15) is 0 Å². The third kappa shape index (κ3) is 3.01. The van der Waals surface area contributed by atoms with Crippen molar-refractivity contribution in [3.63, 3.8) is 0 Å². The molecule has 0 aliphatic carbocycles. The van der Waals surface area contributed by atoms with Gasteiger partial charge in [-0.2, -0.15) is 0 Å². The topological polar surface area (TPSA) is 64.3 Å². The maximum atomic E-state index is 11.3. The van der Waals surface area contributed by atoms with E-state index >= 15 is 0 Å². The summed E-state index contributed by atoms with van der Waals surface area (Å²) in [6.07, 6.45) is 2.29. The summed E-state index contributed by atoms with van der Waals surface area (Å²) in [5.74, 6) is -0.00117. The number of benzene rings is 1. The summed E-state index contributed by atoms with van der Waals surface area (Å²) >= 11 is 0. The Morgan fingerprint density at radius 3 is 2.89 bits per heavy atom. The minimum atomic E-state index is -0.00117. The van der Waals surface area contributed by atoms with Gasteiger partial charge in [-0.05, 0) is 44.9 Å². The molecule has 0 radical (unpaired) electrons. The van der Waals surface area contributed by atoms with E-state index in [0.717, 1.165) is 25.1 Å². The molecule has 0 amide bonds. The first-order valence-corrected chi connectivity index (χ1v) is 6.35. The number of rotatable bonds is 3. The van der Waals surface area contributed by atoms with Gasteiger partial charge >= 0.3 is 0 Å². The number of ketones is 1. The number of hydrogen-bond donors (Lipinski definition) is 2. The van der Waals surface area contributed by atoms with Crippen molar-refractivity contribution in [1.29, 1.82) is 0 Å². The zero-order valence-electron chi connectivity index (χ0n) is 10.9. The molecule has 18 heavy (non-hydrogen) atoms. The molecule has 1 heterocycles. The van der Waals surface area contributed by atoms with Gasteiger partial charge in [-0.15, -0.1) is 0 Å². The van der Waals surface area contributed by atoms with Gasteiger partial charge in [-0.1, -0.05) is 0 Å². The zero-order chi connectivity index (χ0) is 13.1. The summed E-state index contributed by atoms with van der Waals surface area (Å²) in [4.78, 5) is 11.3. The molecule has 0 saturated carbocycles. The molecule has 2 atom stereocenters. The van der Waals surface area contributed by atoms with Gasteiger partial charge in [0.2, 0.25) is 0 Å². The predicted octanol–water partition coefficient (Wildman–Crippen LogP) is 2.45. The molecule has 98 valence electrons. The molecule has 4 nitrogen and oxygen atoms in total. The number of anilines is 2. The fourth-order valence-electron chi connectivity index (χ4n) is 2.34. The van der Waals surface area contributed by atoms with Gasteiger partial charge in [0.25, 0.3) is 0 Å². The second-order valence-corrected chi connectivity index (χ2v) is 4.91. The lowest BCUT2D eigenvalue weighted by molar-refractivity contribution is 0.0232. The van der Waals surface area contributed by atoms with E-state index in [1.165, 1.54) is 6.92 Å².